The van der Waals surface area contributed by atoms with E-state index < -0.39 is 10.0 Å². The summed E-state index contributed by atoms with van der Waals surface area (Å²) in [7, 11) is -0.374. The van der Waals surface area contributed by atoms with E-state index in [-0.39, 0.29) is 28.9 Å². The van der Waals surface area contributed by atoms with E-state index in [2.05, 4.69) is 32.7 Å². The van der Waals surface area contributed by atoms with Gasteiger partial charge in [-0.2, -0.15) is 0 Å². The Morgan fingerprint density at radius 3 is 2.45 bits per heavy atom. The quantitative estimate of drug-likeness (QED) is 0.286. The Hall–Kier alpha value is -1.73. The largest absolute Gasteiger partial charge is 0.357 e. The van der Waals surface area contributed by atoms with Crippen molar-refractivity contribution < 1.29 is 8.42 Å². The molecule has 29 heavy (non-hydrogen) atoms. The number of aryl methyl sites for hydroxylation is 1. The van der Waals surface area contributed by atoms with E-state index in [0.29, 0.717) is 19.0 Å². The van der Waals surface area contributed by atoms with Gasteiger partial charge in [0.15, 0.2) is 5.96 Å². The fraction of sp³-hybridized carbons (Fsp3) is 0.500. The van der Waals surface area contributed by atoms with Gasteiger partial charge in [0.2, 0.25) is 10.0 Å². The molecule has 1 heterocycles. The van der Waals surface area contributed by atoms with Gasteiger partial charge >= 0.3 is 0 Å². The summed E-state index contributed by atoms with van der Waals surface area (Å²) in [6.45, 7) is 6.69. The van der Waals surface area contributed by atoms with Gasteiger partial charge in [-0.05, 0) is 24.6 Å². The molecule has 9 nitrogen and oxygen atoms in total. The lowest BCUT2D eigenvalue weighted by atomic mass is 10.2. The van der Waals surface area contributed by atoms with E-state index in [9.17, 15) is 8.42 Å². The number of hydrogen-bond acceptors (Lipinski definition) is 5. The number of nitrogens with zero attached hydrogens (tertiary/aromatic N) is 5. The Bertz CT molecular complexity index is 880. The monoisotopic (exact) mass is 535 g/mol. The fourth-order valence-electron chi connectivity index (χ4n) is 2.52. The van der Waals surface area contributed by atoms with Crippen LogP contribution < -0.4 is 10.6 Å². The SMILES string of the molecule is CCNC(=NCc1ccc(S(=O)(=O)N(C)C)cc1)NCCn1cnnc1CC.I. The minimum absolute atomic E-state index is 0. The van der Waals surface area contributed by atoms with Crippen LogP contribution in [0.2, 0.25) is 0 Å². The topological polar surface area (TPSA) is 105 Å². The highest BCUT2D eigenvalue weighted by Crippen LogP contribution is 2.14. The average molecular weight is 535 g/mol. The van der Waals surface area contributed by atoms with Crippen molar-refractivity contribution in [3.8, 4) is 0 Å². The van der Waals surface area contributed by atoms with Gasteiger partial charge in [0.05, 0.1) is 11.4 Å². The van der Waals surface area contributed by atoms with Gasteiger partial charge in [0.1, 0.15) is 12.2 Å². The van der Waals surface area contributed by atoms with Gasteiger partial charge < -0.3 is 15.2 Å². The fourth-order valence-corrected chi connectivity index (χ4v) is 3.43. The molecule has 0 aliphatic rings. The summed E-state index contributed by atoms with van der Waals surface area (Å²) in [6, 6.07) is 6.79. The second-order valence-corrected chi connectivity index (χ2v) is 8.50. The van der Waals surface area contributed by atoms with Crippen molar-refractivity contribution in [2.45, 2.75) is 38.3 Å². The summed E-state index contributed by atoms with van der Waals surface area (Å²) in [4.78, 5) is 4.84. The van der Waals surface area contributed by atoms with E-state index >= 15 is 0 Å². The molecule has 0 aliphatic carbocycles. The molecule has 0 unspecified atom stereocenters. The lowest BCUT2D eigenvalue weighted by molar-refractivity contribution is 0.520. The molecule has 0 saturated carbocycles. The summed E-state index contributed by atoms with van der Waals surface area (Å²) in [5.41, 5.74) is 0.932. The second kappa shape index (κ2) is 12.1. The van der Waals surface area contributed by atoms with Crippen molar-refractivity contribution in [3.63, 3.8) is 0 Å². The van der Waals surface area contributed by atoms with Crippen molar-refractivity contribution >= 4 is 40.0 Å². The van der Waals surface area contributed by atoms with Crippen LogP contribution in [0.1, 0.15) is 25.2 Å². The van der Waals surface area contributed by atoms with Crippen LogP contribution in [-0.4, -0.2) is 60.6 Å². The Morgan fingerprint density at radius 2 is 1.86 bits per heavy atom. The molecule has 2 rings (SSSR count). The van der Waals surface area contributed by atoms with Crippen molar-refractivity contribution in [2.24, 2.45) is 4.99 Å². The number of guanidine groups is 1. The number of nitrogens with one attached hydrogen (secondary N) is 2. The number of aromatic nitrogens is 3. The van der Waals surface area contributed by atoms with Gasteiger partial charge in [-0.25, -0.2) is 17.7 Å². The first-order chi connectivity index (χ1) is 13.4. The van der Waals surface area contributed by atoms with E-state index in [1.54, 1.807) is 30.6 Å². The smallest absolute Gasteiger partial charge is 0.242 e. The molecule has 0 spiro atoms. The van der Waals surface area contributed by atoms with Crippen LogP contribution in [0.25, 0.3) is 0 Å². The first-order valence-corrected chi connectivity index (χ1v) is 10.7. The number of sulfonamides is 1. The Balaban J connectivity index is 0.00000420. The molecule has 2 N–H and O–H groups in total. The molecule has 162 valence electrons. The number of aliphatic imine (C=N–C) groups is 1. The third kappa shape index (κ3) is 7.23. The predicted molar refractivity (Wildman–Crippen MR) is 125 cm³/mol. The maximum atomic E-state index is 12.1. The molecule has 0 amide bonds. The molecule has 1 aromatic heterocycles. The van der Waals surface area contributed by atoms with E-state index in [1.807, 2.05) is 11.5 Å². The maximum Gasteiger partial charge on any atom is 0.242 e. The summed E-state index contributed by atoms with van der Waals surface area (Å²) in [6.07, 6.45) is 2.57. The van der Waals surface area contributed by atoms with Crippen molar-refractivity contribution in [2.75, 3.05) is 27.2 Å². The standard InChI is InChI=1S/C18H29N7O2S.HI/c1-5-17-23-22-14-25(17)12-11-20-18(19-6-2)21-13-15-7-9-16(10-8-15)28(26,27)24(3)4;/h7-10,14H,5-6,11-13H2,1-4H3,(H2,19,20,21);1H. The first kappa shape index (κ1) is 25.3. The maximum absolute atomic E-state index is 12.1. The van der Waals surface area contributed by atoms with Crippen LogP contribution in [0.5, 0.6) is 0 Å². The van der Waals surface area contributed by atoms with Crippen molar-refractivity contribution in [3.05, 3.63) is 42.0 Å². The molecule has 0 saturated heterocycles. The van der Waals surface area contributed by atoms with Crippen LogP contribution in [-0.2, 0) is 29.5 Å². The van der Waals surface area contributed by atoms with Crippen molar-refractivity contribution in [1.82, 2.24) is 29.7 Å². The van der Waals surface area contributed by atoms with Gasteiger partial charge in [0.25, 0.3) is 0 Å². The zero-order valence-electron chi connectivity index (χ0n) is 17.3. The van der Waals surface area contributed by atoms with Gasteiger partial charge in [-0.3, -0.25) is 0 Å². The predicted octanol–water partition coefficient (Wildman–Crippen LogP) is 1.46. The molecule has 0 aliphatic heterocycles. The third-order valence-electron chi connectivity index (χ3n) is 4.12. The zero-order chi connectivity index (χ0) is 20.6. The Morgan fingerprint density at radius 1 is 1.17 bits per heavy atom. The zero-order valence-corrected chi connectivity index (χ0v) is 20.4. The summed E-state index contributed by atoms with van der Waals surface area (Å²) >= 11 is 0. The molecule has 0 atom stereocenters. The van der Waals surface area contributed by atoms with Crippen LogP contribution in [0, 0.1) is 0 Å². The van der Waals surface area contributed by atoms with Gasteiger partial charge in [-0.1, -0.05) is 19.1 Å². The highest BCUT2D eigenvalue weighted by Gasteiger charge is 2.16. The van der Waals surface area contributed by atoms with Crippen LogP contribution >= 0.6 is 24.0 Å². The minimum Gasteiger partial charge on any atom is -0.357 e. The molecule has 2 aromatic rings. The average Bonchev–Trinajstić information content (AvgIpc) is 3.13. The van der Waals surface area contributed by atoms with Gasteiger partial charge in [-0.15, -0.1) is 34.2 Å². The molecular weight excluding hydrogens is 505 g/mol. The lowest BCUT2D eigenvalue weighted by Gasteiger charge is -2.13. The lowest BCUT2D eigenvalue weighted by Crippen LogP contribution is -2.38. The summed E-state index contributed by atoms with van der Waals surface area (Å²) < 4.78 is 27.5. The van der Waals surface area contributed by atoms with Crippen LogP contribution in [0.4, 0.5) is 0 Å². The highest BCUT2D eigenvalue weighted by molar-refractivity contribution is 14.0. The minimum atomic E-state index is -3.41. The number of hydrogen-bond donors (Lipinski definition) is 2. The molecule has 0 bridgehead atoms. The normalized spacial score (nSPS) is 12.0. The van der Waals surface area contributed by atoms with Crippen LogP contribution in [0.15, 0.2) is 40.5 Å². The third-order valence-corrected chi connectivity index (χ3v) is 5.95. The second-order valence-electron chi connectivity index (χ2n) is 6.35. The number of rotatable bonds is 9. The first-order valence-electron chi connectivity index (χ1n) is 9.28. The summed E-state index contributed by atoms with van der Waals surface area (Å²) in [5, 5.41) is 14.5. The number of benzene rings is 1. The summed E-state index contributed by atoms with van der Waals surface area (Å²) in [5.74, 6) is 1.66. The van der Waals surface area contributed by atoms with E-state index in [4.69, 9.17) is 0 Å². The molecule has 11 heteroatoms. The molecule has 0 fully saturated rings. The van der Waals surface area contributed by atoms with E-state index in [0.717, 1.165) is 30.9 Å². The van der Waals surface area contributed by atoms with Crippen LogP contribution in [0.3, 0.4) is 0 Å². The van der Waals surface area contributed by atoms with E-state index in [1.165, 1.54) is 18.4 Å². The van der Waals surface area contributed by atoms with Crippen molar-refractivity contribution in [1.29, 1.82) is 0 Å². The Labute approximate surface area is 190 Å². The number of halogens is 1. The molecule has 0 radical (unpaired) electrons. The molecule has 1 aromatic carbocycles. The van der Waals surface area contributed by atoms with Gasteiger partial charge in [0, 0.05) is 40.2 Å². The highest BCUT2D eigenvalue weighted by atomic mass is 127. The molecular formula is C18H30IN7O2S. The Kier molecular flexibility index (Phi) is 10.5.